The van der Waals surface area contributed by atoms with Crippen molar-refractivity contribution in [2.24, 2.45) is 0 Å². The predicted octanol–water partition coefficient (Wildman–Crippen LogP) is 0.406. The fourth-order valence-electron chi connectivity index (χ4n) is 0. The summed E-state index contributed by atoms with van der Waals surface area (Å²) in [6, 6.07) is 0. The predicted molar refractivity (Wildman–Crippen MR) is 20.4 cm³/mol. The van der Waals surface area contributed by atoms with Crippen LogP contribution in [0.2, 0.25) is 0 Å². The number of carbonyl (C=O) groups excluding carboxylic acids is 1. The summed E-state index contributed by atoms with van der Waals surface area (Å²) in [7, 11) is 2.02. The molecule has 0 spiro atoms. The van der Waals surface area contributed by atoms with Crippen molar-refractivity contribution >= 4 is 14.8 Å². The third kappa shape index (κ3) is 72.1. The first-order chi connectivity index (χ1) is 1.73. The molecule has 5 heavy (non-hydrogen) atoms. The van der Waals surface area contributed by atoms with Crippen molar-refractivity contribution < 1.29 is 23.4 Å². The average molecular weight is 127 g/mol. The molecule has 0 aliphatic carbocycles. The fraction of sp³-hybridized carbons (Fsp3) is 0.500. The first kappa shape index (κ1) is 9.19. The summed E-state index contributed by atoms with van der Waals surface area (Å²) in [5.41, 5.74) is 0.0833. The van der Waals surface area contributed by atoms with Crippen molar-refractivity contribution in [2.45, 2.75) is 6.92 Å². The summed E-state index contributed by atoms with van der Waals surface area (Å²) in [6.07, 6.45) is 0. The molecule has 1 atom stereocenters. The molecule has 0 aliphatic rings. The van der Waals surface area contributed by atoms with Gasteiger partial charge in [-0.25, -0.2) is 0 Å². The molecule has 29 valence electrons. The molecular formula is C2H5OPV. The van der Waals surface area contributed by atoms with Crippen molar-refractivity contribution in [2.75, 3.05) is 0 Å². The Morgan fingerprint density at radius 2 is 1.80 bits per heavy atom. The summed E-state index contributed by atoms with van der Waals surface area (Å²) in [6.45, 7) is 1.49. The molecule has 1 radical (unpaired) electrons. The molecule has 0 saturated carbocycles. The maximum atomic E-state index is 9.41. The van der Waals surface area contributed by atoms with E-state index < -0.39 is 0 Å². The fourth-order valence-corrected chi connectivity index (χ4v) is 0. The SMILES string of the molecule is CC(=O)P.[V]. The summed E-state index contributed by atoms with van der Waals surface area (Å²) < 4.78 is 0. The molecule has 0 aromatic carbocycles. The molecule has 0 aromatic rings. The zero-order chi connectivity index (χ0) is 3.58. The Labute approximate surface area is 45.6 Å². The second kappa shape index (κ2) is 4.68. The van der Waals surface area contributed by atoms with E-state index in [-0.39, 0.29) is 24.1 Å². The largest absolute Gasteiger partial charge is 0.296 e. The van der Waals surface area contributed by atoms with Gasteiger partial charge in [-0.3, -0.25) is 4.79 Å². The molecule has 1 nitrogen and oxygen atoms in total. The second-order valence-corrected chi connectivity index (χ2v) is 1.42. The molecule has 0 saturated heterocycles. The van der Waals surface area contributed by atoms with Crippen molar-refractivity contribution in [3.05, 3.63) is 0 Å². The van der Waals surface area contributed by atoms with Gasteiger partial charge in [-0.1, -0.05) is 9.24 Å². The number of carbonyl (C=O) groups is 1. The maximum Gasteiger partial charge on any atom is 0.145 e. The van der Waals surface area contributed by atoms with E-state index in [9.17, 15) is 4.79 Å². The van der Waals surface area contributed by atoms with Crippen LogP contribution in [0.3, 0.4) is 0 Å². The molecule has 0 N–H and O–H groups in total. The van der Waals surface area contributed by atoms with Crippen LogP contribution in [0.5, 0.6) is 0 Å². The third-order valence-electron chi connectivity index (χ3n) is 0. The van der Waals surface area contributed by atoms with Gasteiger partial charge in [-0.2, -0.15) is 0 Å². The van der Waals surface area contributed by atoms with Crippen LogP contribution in [0, 0.1) is 0 Å². The molecule has 0 aromatic heterocycles. The summed E-state index contributed by atoms with van der Waals surface area (Å²) in [5.74, 6) is 0. The van der Waals surface area contributed by atoms with Gasteiger partial charge in [-0.05, 0) is 6.92 Å². The van der Waals surface area contributed by atoms with Crippen LogP contribution in [0.25, 0.3) is 0 Å². The van der Waals surface area contributed by atoms with Crippen LogP contribution in [0.15, 0.2) is 0 Å². The van der Waals surface area contributed by atoms with Crippen LogP contribution < -0.4 is 0 Å². The molecule has 0 fully saturated rings. The minimum absolute atomic E-state index is 0. The van der Waals surface area contributed by atoms with E-state index in [0.717, 1.165) is 0 Å². The van der Waals surface area contributed by atoms with Gasteiger partial charge in [0, 0.05) is 18.6 Å². The molecular weight excluding hydrogens is 122 g/mol. The van der Waals surface area contributed by atoms with E-state index in [2.05, 4.69) is 0 Å². The molecule has 0 aliphatic heterocycles. The Balaban J connectivity index is 0. The van der Waals surface area contributed by atoms with Gasteiger partial charge in [0.1, 0.15) is 5.52 Å². The molecule has 0 heterocycles. The summed E-state index contributed by atoms with van der Waals surface area (Å²) in [5, 5.41) is 0. The van der Waals surface area contributed by atoms with Gasteiger partial charge in [0.15, 0.2) is 0 Å². The van der Waals surface area contributed by atoms with Crippen molar-refractivity contribution in [3.63, 3.8) is 0 Å². The smallest absolute Gasteiger partial charge is 0.145 e. The molecule has 3 heteroatoms. The zero-order valence-corrected chi connectivity index (χ0v) is 5.48. The van der Waals surface area contributed by atoms with Crippen molar-refractivity contribution in [3.8, 4) is 0 Å². The topological polar surface area (TPSA) is 17.1 Å². The van der Waals surface area contributed by atoms with Crippen molar-refractivity contribution in [1.82, 2.24) is 0 Å². The van der Waals surface area contributed by atoms with Gasteiger partial charge in [0.05, 0.1) is 0 Å². The van der Waals surface area contributed by atoms with Gasteiger partial charge < -0.3 is 0 Å². The van der Waals surface area contributed by atoms with Gasteiger partial charge in [0.25, 0.3) is 0 Å². The van der Waals surface area contributed by atoms with E-state index >= 15 is 0 Å². The van der Waals surface area contributed by atoms with E-state index in [4.69, 9.17) is 0 Å². The van der Waals surface area contributed by atoms with E-state index in [1.165, 1.54) is 6.92 Å². The Morgan fingerprint density at radius 3 is 1.80 bits per heavy atom. The Kier molecular flexibility index (Phi) is 8.61. The van der Waals surface area contributed by atoms with Gasteiger partial charge >= 0.3 is 0 Å². The maximum absolute atomic E-state index is 9.41. The standard InChI is InChI=1S/C2H5OP.V/c1-2(3)4;/h4H2,1H3;. The number of hydrogen-bond donors (Lipinski definition) is 0. The Hall–Kier alpha value is 0.684. The van der Waals surface area contributed by atoms with Crippen molar-refractivity contribution in [1.29, 1.82) is 0 Å². The molecule has 0 rings (SSSR count). The van der Waals surface area contributed by atoms with Gasteiger partial charge in [-0.15, -0.1) is 0 Å². The molecule has 0 amide bonds. The quantitative estimate of drug-likeness (QED) is 0.430. The number of rotatable bonds is 0. The van der Waals surface area contributed by atoms with E-state index in [1.54, 1.807) is 0 Å². The van der Waals surface area contributed by atoms with E-state index in [1.807, 2.05) is 9.24 Å². The minimum atomic E-state index is 0. The Morgan fingerprint density at radius 1 is 1.80 bits per heavy atom. The van der Waals surface area contributed by atoms with E-state index in [0.29, 0.717) is 0 Å². The third-order valence-corrected chi connectivity index (χ3v) is 0. The summed E-state index contributed by atoms with van der Waals surface area (Å²) in [4.78, 5) is 9.41. The summed E-state index contributed by atoms with van der Waals surface area (Å²) >= 11 is 0. The average Bonchev–Trinajstić information content (AvgIpc) is 0.811. The van der Waals surface area contributed by atoms with Crippen LogP contribution in [-0.2, 0) is 23.4 Å². The van der Waals surface area contributed by atoms with Crippen LogP contribution in [0.4, 0.5) is 0 Å². The van der Waals surface area contributed by atoms with Crippen LogP contribution >= 0.6 is 9.24 Å². The zero-order valence-electron chi connectivity index (χ0n) is 2.93. The normalized spacial score (nSPS) is 5.20. The monoisotopic (exact) mass is 127 g/mol. The first-order valence-corrected chi connectivity index (χ1v) is 1.57. The van der Waals surface area contributed by atoms with Gasteiger partial charge in [0.2, 0.25) is 0 Å². The first-order valence-electron chi connectivity index (χ1n) is 0.993. The van der Waals surface area contributed by atoms with Crippen LogP contribution in [0.1, 0.15) is 6.92 Å². The second-order valence-electron chi connectivity index (χ2n) is 0.611. The van der Waals surface area contributed by atoms with Crippen LogP contribution in [-0.4, -0.2) is 5.52 Å². The number of hydrogen-bond acceptors (Lipinski definition) is 1. The molecule has 0 bridgehead atoms. The Bertz CT molecular complexity index is 32.6. The minimum Gasteiger partial charge on any atom is -0.296 e. The molecule has 1 unspecified atom stereocenters.